The fourth-order valence-corrected chi connectivity index (χ4v) is 13.9. The van der Waals surface area contributed by atoms with E-state index in [1.165, 1.54) is 76.2 Å². The van der Waals surface area contributed by atoms with Crippen LogP contribution in [0.1, 0.15) is 165 Å². The Kier molecular flexibility index (Phi) is 50.3. The molecule has 0 aliphatic carbocycles. The predicted molar refractivity (Wildman–Crippen MR) is 488 cm³/mol. The van der Waals surface area contributed by atoms with Crippen molar-refractivity contribution >= 4 is 153 Å². The zero-order chi connectivity index (χ0) is 91.1. The van der Waals surface area contributed by atoms with Gasteiger partial charge in [-0.25, -0.2) is 0 Å². The largest absolute Gasteiger partial charge is 0.506 e. The third-order valence-electron chi connectivity index (χ3n) is 20.6. The Labute approximate surface area is 785 Å². The van der Waals surface area contributed by atoms with Crippen molar-refractivity contribution in [2.24, 2.45) is 17.8 Å². The summed E-state index contributed by atoms with van der Waals surface area (Å²) in [4.78, 5) is 56.0. The summed E-state index contributed by atoms with van der Waals surface area (Å²) in [5, 5.41) is 155. The van der Waals surface area contributed by atoms with Crippen molar-refractivity contribution in [3.05, 3.63) is 190 Å². The average molecular weight is 2410 g/mol. The van der Waals surface area contributed by atoms with E-state index in [9.17, 15) is 85.3 Å². The molecule has 0 radical (unpaired) electrons. The molecular formula is C82H111B2I6O33-. The summed E-state index contributed by atoms with van der Waals surface area (Å²) in [7, 11) is -3.04. The van der Waals surface area contributed by atoms with Gasteiger partial charge in [-0.3, -0.25) is 24.0 Å². The summed E-state index contributed by atoms with van der Waals surface area (Å²) in [5.74, 6) is -4.32. The van der Waals surface area contributed by atoms with Gasteiger partial charge in [0.25, 0.3) is 0 Å². The van der Waals surface area contributed by atoms with Crippen molar-refractivity contribution in [1.29, 1.82) is 0 Å². The van der Waals surface area contributed by atoms with E-state index < -0.39 is 172 Å². The summed E-state index contributed by atoms with van der Waals surface area (Å²) in [5.41, 5.74) is 4.59. The molecule has 0 spiro atoms. The minimum absolute atomic E-state index is 0. The molecule has 33 nitrogen and oxygen atoms in total. The van der Waals surface area contributed by atoms with Gasteiger partial charge in [0.1, 0.15) is 123 Å². The van der Waals surface area contributed by atoms with Crippen LogP contribution in [0.25, 0.3) is 0 Å². The minimum Gasteiger partial charge on any atom is -0.506 e. The number of hydrogen-bond donors (Lipinski definition) is 16. The van der Waals surface area contributed by atoms with Gasteiger partial charge in [-0.15, -0.1) is 24.0 Å². The van der Waals surface area contributed by atoms with Crippen molar-refractivity contribution in [1.82, 2.24) is 0 Å². The molecule has 7 heterocycles. The van der Waals surface area contributed by atoms with E-state index in [0.717, 1.165) is 30.9 Å². The standard InChI is InChI=1S/C24H32O10.C24H30O6.C18H24O10.C10H16O3.C6H8B2O4.I3.I2.HI/c1-5-16-11(2)18(27)19(28)22(33-16)14-6-8-15(9-7-14)23-20(29)21(30)24(32-13(4)26)17(34-23)10-31-12(3)25;1-5-20-15(2)6-11-21(29-20)18-7-9-19(10-8-18)22-12-13-23(28-17(4)26)24(30-22)14-27-16(3)25;19-5-9-11(21)13(23)15(25)17(27-9)7-1-2-8(4-3-7)18-16(26)14(24)12(22)10(6-20)28-18;1-4-9-7(2)10(5-6-12-9)13-8(3)11;9-7(10)5-1-2-6(4-3-5)8(11)12;1-3-2;1-2;/h6-9,11,16-19,22-24,27-30H,5,10H2,1-4H3;6-13,15,20-24H,5,14H2,1-4H3;1-4,9-13,15,17-26H,5-6H2;5-7,9-10H,4H2,1-3H3;1-4,9-12H;;;1H/q;;;;;-1;;/t11-,16-,17-,18+,19+,22-,23-,24-;15-,20+,21-,22-,23-,24+;9-,10-,11-,12-,13+,15+,17-,18-;7-,9-,10-;;;;/m1011..../s1. The van der Waals surface area contributed by atoms with E-state index in [-0.39, 0.29) is 91.6 Å². The molecule has 41 heteroatoms. The number of hydrogen-bond acceptors (Lipinski definition) is 33. The molecule has 2 fully saturated rings. The number of carbonyl (C=O) groups is 5. The SMILES string of the molecule is CC[C@H]1OC=C[C@@H](OC(C)=O)[C@@H]1C.CC[C@H]1O[C@H](c2ccc([C@@H]3C=C[C@H](OC(C)=O)[C@@H](COC(C)=O)O3)cc2)C=C[C@@H]1C.CC[C@H]1O[C@H](c2ccc([C@H]3O[C@H](COC(C)=O)[C@@H](OC(C)=O)C(O)=C3O)cc2)[C@@H](O)[C@@H](O)[C@@H]1C.I.II.I[I-]I.OB(O)c1ccc(B(O)O)cc1.OC[C@H]1O[C@H](c2ccc([C@H]3O[C@H](CO)[C@@H](O)C(O)=C3O)cc2)[C@@H](O)[C@@H](O)[C@@H]1O. The molecule has 11 rings (SSSR count). The third kappa shape index (κ3) is 32.7. The van der Waals surface area contributed by atoms with Gasteiger partial charge >= 0.3 is 94.6 Å². The monoisotopic (exact) mass is 2410 g/mol. The quantitative estimate of drug-likeness (QED) is 0.0186. The van der Waals surface area contributed by atoms with Crippen LogP contribution in [0, 0.1) is 17.8 Å². The van der Waals surface area contributed by atoms with Gasteiger partial charge in [-0.1, -0.05) is 157 Å². The number of carbonyl (C=O) groups excluding carboxylic acids is 5. The third-order valence-corrected chi connectivity index (χ3v) is 20.6. The normalized spacial score (nSPS) is 30.4. The van der Waals surface area contributed by atoms with Gasteiger partial charge in [0.2, 0.25) is 0 Å². The molecule has 0 bridgehead atoms. The first-order chi connectivity index (χ1) is 57.9. The van der Waals surface area contributed by atoms with Crippen LogP contribution >= 0.6 is 98.4 Å². The van der Waals surface area contributed by atoms with E-state index in [1.807, 2.05) is 51.1 Å². The maximum Gasteiger partial charge on any atom is 0.488 e. The van der Waals surface area contributed by atoms with Crippen LogP contribution in [0.4, 0.5) is 0 Å². The van der Waals surface area contributed by atoms with Crippen LogP contribution in [-0.2, 0) is 80.8 Å². The van der Waals surface area contributed by atoms with Crippen LogP contribution in [0.15, 0.2) is 157 Å². The fourth-order valence-electron chi connectivity index (χ4n) is 13.9. The van der Waals surface area contributed by atoms with Gasteiger partial charge in [0, 0.05) is 89.6 Å². The fraction of sp³-hybridized carbons (Fsp3) is 0.524. The Hall–Kier alpha value is -4.28. The summed E-state index contributed by atoms with van der Waals surface area (Å²) in [6.07, 6.45) is -4.02. The van der Waals surface area contributed by atoms with Crippen LogP contribution in [0.5, 0.6) is 0 Å². The van der Waals surface area contributed by atoms with Gasteiger partial charge in [0.15, 0.2) is 29.1 Å². The zero-order valence-corrected chi connectivity index (χ0v) is 82.3. The van der Waals surface area contributed by atoms with Crippen molar-refractivity contribution in [3.63, 3.8) is 0 Å². The molecule has 0 unspecified atom stereocenters. The van der Waals surface area contributed by atoms with Crippen LogP contribution in [-0.4, -0.2) is 250 Å². The van der Waals surface area contributed by atoms with Gasteiger partial charge in [0.05, 0.1) is 37.8 Å². The number of aliphatic hydroxyl groups is 12. The Balaban J connectivity index is 0.000000332. The maximum atomic E-state index is 11.5. The topological polar surface area (TPSA) is 520 Å². The second-order valence-corrected chi connectivity index (χ2v) is 45.4. The Bertz CT molecular complexity index is 4010. The van der Waals surface area contributed by atoms with Crippen molar-refractivity contribution < 1.29 is 175 Å². The summed E-state index contributed by atoms with van der Waals surface area (Å²) in [6, 6.07) is 26.4. The number of ether oxygens (including phenoxy) is 12. The first kappa shape index (κ1) is 111. The minimum atomic E-state index is -1.55. The smallest absolute Gasteiger partial charge is 0.488 e. The van der Waals surface area contributed by atoms with Crippen LogP contribution in [0.3, 0.4) is 0 Å². The molecule has 7 aliphatic heterocycles. The van der Waals surface area contributed by atoms with Gasteiger partial charge < -0.3 is 138 Å². The number of rotatable bonds is 20. The molecular weight excluding hydrogens is 2300 g/mol. The second kappa shape index (κ2) is 55.7. The van der Waals surface area contributed by atoms with Crippen LogP contribution < -0.4 is 24.2 Å². The Morgan fingerprint density at radius 3 is 1.23 bits per heavy atom. The van der Waals surface area contributed by atoms with Crippen molar-refractivity contribution in [2.75, 3.05) is 26.4 Å². The number of esters is 5. The summed E-state index contributed by atoms with van der Waals surface area (Å²) >= 11 is 9.54. The molecule has 7 aliphatic rings. The molecule has 0 aromatic heterocycles. The Morgan fingerprint density at radius 1 is 0.407 bits per heavy atom. The summed E-state index contributed by atoms with van der Waals surface area (Å²) < 4.78 is 66.0. The molecule has 0 saturated carbocycles. The van der Waals surface area contributed by atoms with Crippen LogP contribution in [0.2, 0.25) is 0 Å². The van der Waals surface area contributed by atoms with Crippen molar-refractivity contribution in [2.45, 2.75) is 230 Å². The van der Waals surface area contributed by atoms with E-state index >= 15 is 0 Å². The second-order valence-electron chi connectivity index (χ2n) is 29.1. The number of aliphatic hydroxyl groups excluding tert-OH is 12. The van der Waals surface area contributed by atoms with Gasteiger partial charge in [-0.05, 0) is 75.7 Å². The zero-order valence-electron chi connectivity index (χ0n) is 69.1. The molecule has 25 atom stereocenters. The number of benzene rings is 4. The van der Waals surface area contributed by atoms with Gasteiger partial charge in [-0.2, -0.15) is 0 Å². The first-order valence-corrected chi connectivity index (χ1v) is 57.8. The first-order valence-electron chi connectivity index (χ1n) is 39.0. The maximum absolute atomic E-state index is 11.5. The van der Waals surface area contributed by atoms with E-state index in [1.54, 1.807) is 42.7 Å². The molecule has 4 aromatic carbocycles. The number of halogens is 6. The van der Waals surface area contributed by atoms with E-state index in [0.29, 0.717) is 58.8 Å². The molecule has 123 heavy (non-hydrogen) atoms. The molecule has 2 saturated heterocycles. The Morgan fingerprint density at radius 2 is 0.797 bits per heavy atom. The van der Waals surface area contributed by atoms with E-state index in [4.69, 9.17) is 76.9 Å². The molecule has 16 N–H and O–H groups in total. The average Bonchev–Trinajstić information content (AvgIpc) is 0.776. The predicted octanol–water partition coefficient (Wildman–Crippen LogP) is 4.79. The van der Waals surface area contributed by atoms with E-state index in [2.05, 4.69) is 107 Å². The molecule has 4 aromatic rings. The van der Waals surface area contributed by atoms with Crippen molar-refractivity contribution in [3.8, 4) is 0 Å². The molecule has 686 valence electrons. The molecule has 0 amide bonds. The summed E-state index contributed by atoms with van der Waals surface area (Å²) in [6.45, 7) is 17.2.